The van der Waals surface area contributed by atoms with Crippen LogP contribution in [0.1, 0.15) is 17.3 Å². The number of urea groups is 1. The summed E-state index contributed by atoms with van der Waals surface area (Å²) in [4.78, 5) is 23.5. The third kappa shape index (κ3) is 4.77. The largest absolute Gasteiger partial charge is 0.491 e. The summed E-state index contributed by atoms with van der Waals surface area (Å²) in [6.45, 7) is 1.83. The fourth-order valence-corrected chi connectivity index (χ4v) is 1.92. The minimum absolute atomic E-state index is 0.166. The number of halogens is 2. The molecule has 0 aromatic heterocycles. The van der Waals surface area contributed by atoms with Crippen molar-refractivity contribution in [1.82, 2.24) is 10.6 Å². The van der Waals surface area contributed by atoms with Crippen LogP contribution in [0, 0.1) is 11.6 Å². The average molecular weight is 334 g/mol. The lowest BCUT2D eigenvalue weighted by atomic mass is 10.2. The minimum Gasteiger partial charge on any atom is -0.491 e. The standard InChI is InChI=1S/C17H16F2N2O3/c1-11(10-24-12-6-3-2-4-7-12)20-17(23)21-16(22)15-13(18)8-5-9-14(15)19/h2-9,11H,10H2,1H3,(H2,20,21,22,23). The van der Waals surface area contributed by atoms with Crippen LogP contribution in [0.3, 0.4) is 0 Å². The monoisotopic (exact) mass is 334 g/mol. The molecule has 0 radical (unpaired) electrons. The topological polar surface area (TPSA) is 67.4 Å². The first-order valence-corrected chi connectivity index (χ1v) is 7.21. The van der Waals surface area contributed by atoms with Crippen LogP contribution in [0.4, 0.5) is 13.6 Å². The summed E-state index contributed by atoms with van der Waals surface area (Å²) in [6, 6.07) is 10.7. The van der Waals surface area contributed by atoms with E-state index in [4.69, 9.17) is 4.74 Å². The molecule has 2 aromatic carbocycles. The van der Waals surface area contributed by atoms with E-state index in [2.05, 4.69) is 5.32 Å². The molecule has 7 heteroatoms. The second kappa shape index (κ2) is 8.05. The molecule has 0 aliphatic carbocycles. The number of hydrogen-bond donors (Lipinski definition) is 2. The van der Waals surface area contributed by atoms with Crippen LogP contribution in [0.25, 0.3) is 0 Å². The van der Waals surface area contributed by atoms with Crippen molar-refractivity contribution >= 4 is 11.9 Å². The van der Waals surface area contributed by atoms with Gasteiger partial charge in [-0.05, 0) is 31.2 Å². The zero-order chi connectivity index (χ0) is 17.5. The number of benzene rings is 2. The smallest absolute Gasteiger partial charge is 0.322 e. The first-order chi connectivity index (χ1) is 11.5. The molecule has 2 aromatic rings. The average Bonchev–Trinajstić information content (AvgIpc) is 2.53. The minimum atomic E-state index is -1.15. The van der Waals surface area contributed by atoms with E-state index in [1.54, 1.807) is 19.1 Å². The maximum absolute atomic E-state index is 13.5. The number of carbonyl (C=O) groups excluding carboxylic acids is 2. The number of hydrogen-bond acceptors (Lipinski definition) is 3. The van der Waals surface area contributed by atoms with Crippen molar-refractivity contribution in [2.75, 3.05) is 6.61 Å². The Hall–Kier alpha value is -2.96. The van der Waals surface area contributed by atoms with Gasteiger partial charge in [0.1, 0.15) is 29.6 Å². The maximum atomic E-state index is 13.5. The van der Waals surface area contributed by atoms with Gasteiger partial charge >= 0.3 is 6.03 Å². The number of imide groups is 1. The second-order valence-corrected chi connectivity index (χ2v) is 5.05. The first kappa shape index (κ1) is 17.4. The molecule has 1 atom stereocenters. The molecule has 5 nitrogen and oxygen atoms in total. The predicted molar refractivity (Wildman–Crippen MR) is 83.8 cm³/mol. The molecule has 0 aliphatic rings. The van der Waals surface area contributed by atoms with Crippen molar-refractivity contribution in [3.05, 3.63) is 65.7 Å². The zero-order valence-corrected chi connectivity index (χ0v) is 12.9. The van der Waals surface area contributed by atoms with Crippen LogP contribution in [0.5, 0.6) is 5.75 Å². The van der Waals surface area contributed by atoms with Crippen molar-refractivity contribution in [2.45, 2.75) is 13.0 Å². The molecule has 0 saturated carbocycles. The highest BCUT2D eigenvalue weighted by Crippen LogP contribution is 2.11. The van der Waals surface area contributed by atoms with E-state index in [9.17, 15) is 18.4 Å². The molecule has 0 saturated heterocycles. The summed E-state index contributed by atoms with van der Waals surface area (Å²) in [5.74, 6) is -2.60. The molecule has 126 valence electrons. The van der Waals surface area contributed by atoms with Crippen LogP contribution in [0.2, 0.25) is 0 Å². The molecule has 0 fully saturated rings. The van der Waals surface area contributed by atoms with Crippen molar-refractivity contribution in [1.29, 1.82) is 0 Å². The molecule has 1 unspecified atom stereocenters. The van der Waals surface area contributed by atoms with E-state index in [1.807, 2.05) is 23.5 Å². The van der Waals surface area contributed by atoms with Gasteiger partial charge in [0.05, 0.1) is 6.04 Å². The summed E-state index contributed by atoms with van der Waals surface area (Å²) in [6.07, 6.45) is 0. The lowest BCUT2D eigenvalue weighted by molar-refractivity contribution is 0.0954. The normalized spacial score (nSPS) is 11.5. The summed E-state index contributed by atoms with van der Waals surface area (Å²) in [5, 5.41) is 4.33. The van der Waals surface area contributed by atoms with Gasteiger partial charge in [0.25, 0.3) is 5.91 Å². The van der Waals surface area contributed by atoms with Crippen molar-refractivity contribution in [2.24, 2.45) is 0 Å². The lowest BCUT2D eigenvalue weighted by Gasteiger charge is -2.15. The van der Waals surface area contributed by atoms with Gasteiger partial charge in [0.15, 0.2) is 0 Å². The number of rotatable bonds is 5. The second-order valence-electron chi connectivity index (χ2n) is 5.05. The van der Waals surface area contributed by atoms with Gasteiger partial charge in [-0.3, -0.25) is 10.1 Å². The van der Waals surface area contributed by atoms with Crippen molar-refractivity contribution in [3.8, 4) is 5.75 Å². The molecule has 0 heterocycles. The Morgan fingerprint density at radius 2 is 1.67 bits per heavy atom. The van der Waals surface area contributed by atoms with Gasteiger partial charge in [-0.15, -0.1) is 0 Å². The molecule has 3 amide bonds. The third-order valence-corrected chi connectivity index (χ3v) is 3.04. The zero-order valence-electron chi connectivity index (χ0n) is 12.9. The molecular formula is C17H16F2N2O3. The molecule has 24 heavy (non-hydrogen) atoms. The van der Waals surface area contributed by atoms with Gasteiger partial charge in [0.2, 0.25) is 0 Å². The van der Waals surface area contributed by atoms with E-state index in [-0.39, 0.29) is 6.61 Å². The van der Waals surface area contributed by atoms with E-state index in [0.29, 0.717) is 5.75 Å². The predicted octanol–water partition coefficient (Wildman–Crippen LogP) is 2.87. The summed E-state index contributed by atoms with van der Waals surface area (Å²) in [5.41, 5.74) is -0.805. The Morgan fingerprint density at radius 3 is 2.29 bits per heavy atom. The van der Waals surface area contributed by atoms with E-state index >= 15 is 0 Å². The molecule has 0 spiro atoms. The van der Waals surface area contributed by atoms with Crippen molar-refractivity contribution in [3.63, 3.8) is 0 Å². The highest BCUT2D eigenvalue weighted by Gasteiger charge is 2.19. The molecule has 0 bridgehead atoms. The van der Waals surface area contributed by atoms with Gasteiger partial charge < -0.3 is 10.1 Å². The quantitative estimate of drug-likeness (QED) is 0.883. The summed E-state index contributed by atoms with van der Waals surface area (Å²) in [7, 11) is 0. The van der Waals surface area contributed by atoms with Gasteiger partial charge in [0, 0.05) is 0 Å². The fourth-order valence-electron chi connectivity index (χ4n) is 1.92. The fraction of sp³-hybridized carbons (Fsp3) is 0.176. The third-order valence-electron chi connectivity index (χ3n) is 3.04. The number of carbonyl (C=O) groups is 2. The van der Waals surface area contributed by atoms with Gasteiger partial charge in [-0.1, -0.05) is 24.3 Å². The highest BCUT2D eigenvalue weighted by atomic mass is 19.1. The van der Waals surface area contributed by atoms with Gasteiger partial charge in [-0.25, -0.2) is 13.6 Å². The molecule has 2 rings (SSSR count). The SMILES string of the molecule is CC(COc1ccccc1)NC(=O)NC(=O)c1c(F)cccc1F. The number of para-hydroxylation sites is 1. The van der Waals surface area contributed by atoms with Crippen LogP contribution in [-0.2, 0) is 0 Å². The number of ether oxygens (including phenoxy) is 1. The number of nitrogens with one attached hydrogen (secondary N) is 2. The summed E-state index contributed by atoms with van der Waals surface area (Å²) < 4.78 is 32.4. The Balaban J connectivity index is 1.85. The van der Waals surface area contributed by atoms with Crippen molar-refractivity contribution < 1.29 is 23.1 Å². The lowest BCUT2D eigenvalue weighted by Crippen LogP contribution is -2.45. The number of amides is 3. The highest BCUT2D eigenvalue weighted by molar-refractivity contribution is 6.04. The van der Waals surface area contributed by atoms with Crippen LogP contribution in [0.15, 0.2) is 48.5 Å². The Bertz CT molecular complexity index is 703. The van der Waals surface area contributed by atoms with Crippen LogP contribution >= 0.6 is 0 Å². The molecule has 2 N–H and O–H groups in total. The van der Waals surface area contributed by atoms with Crippen LogP contribution < -0.4 is 15.4 Å². The van der Waals surface area contributed by atoms with E-state index < -0.39 is 35.2 Å². The maximum Gasteiger partial charge on any atom is 0.322 e. The van der Waals surface area contributed by atoms with E-state index in [0.717, 1.165) is 18.2 Å². The summed E-state index contributed by atoms with van der Waals surface area (Å²) >= 11 is 0. The Kier molecular flexibility index (Phi) is 5.83. The molecule has 0 aliphatic heterocycles. The van der Waals surface area contributed by atoms with E-state index in [1.165, 1.54) is 0 Å². The Morgan fingerprint density at radius 1 is 1.04 bits per heavy atom. The van der Waals surface area contributed by atoms with Gasteiger partial charge in [-0.2, -0.15) is 0 Å². The Labute approximate surface area is 137 Å². The first-order valence-electron chi connectivity index (χ1n) is 7.21. The molecular weight excluding hydrogens is 318 g/mol. The van der Waals surface area contributed by atoms with Crippen LogP contribution in [-0.4, -0.2) is 24.6 Å².